The van der Waals surface area contributed by atoms with Crippen LogP contribution in [-0.2, 0) is 0 Å². The van der Waals surface area contributed by atoms with Crippen LogP contribution < -0.4 is 10.2 Å². The lowest BCUT2D eigenvalue weighted by Gasteiger charge is -2.18. The van der Waals surface area contributed by atoms with Crippen LogP contribution in [0.2, 0.25) is 0 Å². The van der Waals surface area contributed by atoms with Crippen LogP contribution >= 0.6 is 0 Å². The van der Waals surface area contributed by atoms with Gasteiger partial charge in [-0.15, -0.1) is 0 Å². The molecular formula is C14H18FN3. The van der Waals surface area contributed by atoms with Gasteiger partial charge >= 0.3 is 0 Å². The summed E-state index contributed by atoms with van der Waals surface area (Å²) in [6.07, 6.45) is 1.76. The highest BCUT2D eigenvalue weighted by atomic mass is 19.1. The molecule has 3 nitrogen and oxygen atoms in total. The summed E-state index contributed by atoms with van der Waals surface area (Å²) >= 11 is 0. The van der Waals surface area contributed by atoms with E-state index in [4.69, 9.17) is 0 Å². The zero-order chi connectivity index (χ0) is 13.3. The summed E-state index contributed by atoms with van der Waals surface area (Å²) in [5.74, 6) is 0.411. The zero-order valence-electron chi connectivity index (χ0n) is 11.2. The smallest absolute Gasteiger partial charge is 0.139 e. The number of pyridine rings is 1. The SMILES string of the molecule is CC(C)Nc1cnc(N(C)C)c2c(F)cccc12. The van der Waals surface area contributed by atoms with E-state index in [9.17, 15) is 4.39 Å². The van der Waals surface area contributed by atoms with Crippen molar-refractivity contribution in [2.75, 3.05) is 24.3 Å². The highest BCUT2D eigenvalue weighted by molar-refractivity contribution is 6.00. The van der Waals surface area contributed by atoms with Crippen LogP contribution in [-0.4, -0.2) is 25.1 Å². The Labute approximate surface area is 107 Å². The van der Waals surface area contributed by atoms with E-state index in [1.54, 1.807) is 12.3 Å². The second-order valence-electron chi connectivity index (χ2n) is 4.85. The first-order valence-electron chi connectivity index (χ1n) is 6.01. The number of halogens is 1. The second-order valence-corrected chi connectivity index (χ2v) is 4.85. The van der Waals surface area contributed by atoms with E-state index in [1.165, 1.54) is 6.07 Å². The quantitative estimate of drug-likeness (QED) is 0.902. The molecule has 2 aromatic rings. The first-order valence-corrected chi connectivity index (χ1v) is 6.01. The minimum absolute atomic E-state index is 0.240. The maximum absolute atomic E-state index is 14.0. The van der Waals surface area contributed by atoms with Gasteiger partial charge < -0.3 is 10.2 Å². The zero-order valence-corrected chi connectivity index (χ0v) is 11.2. The van der Waals surface area contributed by atoms with Crippen molar-refractivity contribution in [2.24, 2.45) is 0 Å². The van der Waals surface area contributed by atoms with Gasteiger partial charge in [0.05, 0.1) is 17.3 Å². The van der Waals surface area contributed by atoms with Gasteiger partial charge in [0.2, 0.25) is 0 Å². The number of hydrogen-bond donors (Lipinski definition) is 1. The van der Waals surface area contributed by atoms with E-state index >= 15 is 0 Å². The predicted octanol–water partition coefficient (Wildman–Crippen LogP) is 3.26. The normalized spacial score (nSPS) is 11.0. The Hall–Kier alpha value is -1.84. The van der Waals surface area contributed by atoms with Crippen molar-refractivity contribution >= 4 is 22.3 Å². The topological polar surface area (TPSA) is 28.2 Å². The molecule has 18 heavy (non-hydrogen) atoms. The van der Waals surface area contributed by atoms with Crippen molar-refractivity contribution < 1.29 is 4.39 Å². The number of fused-ring (bicyclic) bond motifs is 1. The summed E-state index contributed by atoms with van der Waals surface area (Å²) in [4.78, 5) is 6.17. The minimum atomic E-state index is -0.240. The fraction of sp³-hybridized carbons (Fsp3) is 0.357. The number of aromatic nitrogens is 1. The van der Waals surface area contributed by atoms with Crippen LogP contribution in [0.4, 0.5) is 15.9 Å². The van der Waals surface area contributed by atoms with Crippen LogP contribution in [0, 0.1) is 5.82 Å². The molecule has 0 amide bonds. The molecular weight excluding hydrogens is 229 g/mol. The number of hydrogen-bond acceptors (Lipinski definition) is 3. The third kappa shape index (κ3) is 2.23. The Kier molecular flexibility index (Phi) is 3.36. The molecule has 0 atom stereocenters. The lowest BCUT2D eigenvalue weighted by molar-refractivity contribution is 0.639. The number of nitrogens with zero attached hydrogens (tertiary/aromatic N) is 2. The molecule has 1 aromatic heterocycles. The Morgan fingerprint density at radius 2 is 2.00 bits per heavy atom. The Bertz CT molecular complexity index is 564. The van der Waals surface area contributed by atoms with Gasteiger partial charge in [-0.2, -0.15) is 0 Å². The number of benzene rings is 1. The molecule has 0 aliphatic heterocycles. The van der Waals surface area contributed by atoms with Crippen molar-refractivity contribution in [1.82, 2.24) is 4.98 Å². The van der Waals surface area contributed by atoms with Crippen molar-refractivity contribution in [2.45, 2.75) is 19.9 Å². The largest absolute Gasteiger partial charge is 0.381 e. The molecule has 0 saturated carbocycles. The van der Waals surface area contributed by atoms with Gasteiger partial charge in [0.25, 0.3) is 0 Å². The molecule has 0 unspecified atom stereocenters. The first kappa shape index (κ1) is 12.6. The van der Waals surface area contributed by atoms with E-state index in [0.29, 0.717) is 11.2 Å². The lowest BCUT2D eigenvalue weighted by atomic mass is 10.1. The van der Waals surface area contributed by atoms with Crippen LogP contribution in [0.15, 0.2) is 24.4 Å². The molecule has 0 fully saturated rings. The van der Waals surface area contributed by atoms with Gasteiger partial charge in [-0.05, 0) is 19.9 Å². The Morgan fingerprint density at radius 1 is 1.28 bits per heavy atom. The fourth-order valence-electron chi connectivity index (χ4n) is 2.00. The van der Waals surface area contributed by atoms with E-state index in [1.807, 2.05) is 38.9 Å². The number of rotatable bonds is 3. The molecule has 96 valence electrons. The molecule has 0 spiro atoms. The van der Waals surface area contributed by atoms with E-state index in [2.05, 4.69) is 10.3 Å². The highest BCUT2D eigenvalue weighted by Crippen LogP contribution is 2.31. The van der Waals surface area contributed by atoms with Crippen LogP contribution in [0.25, 0.3) is 10.8 Å². The van der Waals surface area contributed by atoms with E-state index in [-0.39, 0.29) is 11.9 Å². The third-order valence-corrected chi connectivity index (χ3v) is 2.71. The lowest BCUT2D eigenvalue weighted by Crippen LogP contribution is -2.14. The Balaban J connectivity index is 2.72. The maximum atomic E-state index is 14.0. The van der Waals surface area contributed by atoms with Crippen molar-refractivity contribution in [3.8, 4) is 0 Å². The van der Waals surface area contributed by atoms with Crippen molar-refractivity contribution in [3.05, 3.63) is 30.2 Å². The first-order chi connectivity index (χ1) is 8.50. The van der Waals surface area contributed by atoms with Gasteiger partial charge in [0.15, 0.2) is 0 Å². The monoisotopic (exact) mass is 247 g/mol. The molecule has 0 aliphatic carbocycles. The maximum Gasteiger partial charge on any atom is 0.139 e. The fourth-order valence-corrected chi connectivity index (χ4v) is 2.00. The molecule has 0 radical (unpaired) electrons. The number of nitrogens with one attached hydrogen (secondary N) is 1. The summed E-state index contributed by atoms with van der Waals surface area (Å²) in [5.41, 5.74) is 0.866. The molecule has 1 heterocycles. The predicted molar refractivity (Wildman–Crippen MR) is 74.8 cm³/mol. The molecule has 4 heteroatoms. The van der Waals surface area contributed by atoms with Gasteiger partial charge in [-0.25, -0.2) is 9.37 Å². The second kappa shape index (κ2) is 4.80. The molecule has 0 saturated heterocycles. The summed E-state index contributed by atoms with van der Waals surface area (Å²) in [6, 6.07) is 5.39. The highest BCUT2D eigenvalue weighted by Gasteiger charge is 2.13. The van der Waals surface area contributed by atoms with Crippen LogP contribution in [0.5, 0.6) is 0 Å². The molecule has 0 aliphatic rings. The van der Waals surface area contributed by atoms with Crippen molar-refractivity contribution in [1.29, 1.82) is 0 Å². The average molecular weight is 247 g/mol. The Morgan fingerprint density at radius 3 is 2.61 bits per heavy atom. The van der Waals surface area contributed by atoms with Crippen LogP contribution in [0.3, 0.4) is 0 Å². The summed E-state index contributed by atoms with van der Waals surface area (Å²) in [6.45, 7) is 4.09. The van der Waals surface area contributed by atoms with E-state index in [0.717, 1.165) is 11.1 Å². The molecule has 1 aromatic carbocycles. The van der Waals surface area contributed by atoms with Gasteiger partial charge in [-0.3, -0.25) is 0 Å². The van der Waals surface area contributed by atoms with Crippen LogP contribution in [0.1, 0.15) is 13.8 Å². The van der Waals surface area contributed by atoms with E-state index < -0.39 is 0 Å². The standard InChI is InChI=1S/C14H18FN3/c1-9(2)17-12-8-16-14(18(3)4)13-10(12)6-5-7-11(13)15/h5-9,17H,1-4H3. The summed E-state index contributed by atoms with van der Waals surface area (Å²) in [7, 11) is 3.73. The van der Waals surface area contributed by atoms with Gasteiger partial charge in [-0.1, -0.05) is 12.1 Å². The average Bonchev–Trinajstić information content (AvgIpc) is 2.29. The summed E-state index contributed by atoms with van der Waals surface area (Å²) < 4.78 is 14.0. The minimum Gasteiger partial charge on any atom is -0.381 e. The molecule has 1 N–H and O–H groups in total. The van der Waals surface area contributed by atoms with Gasteiger partial charge in [0.1, 0.15) is 11.6 Å². The van der Waals surface area contributed by atoms with Crippen molar-refractivity contribution in [3.63, 3.8) is 0 Å². The molecule has 2 rings (SSSR count). The van der Waals surface area contributed by atoms with Gasteiger partial charge in [0, 0.05) is 25.5 Å². The molecule has 0 bridgehead atoms. The third-order valence-electron chi connectivity index (χ3n) is 2.71. The number of anilines is 2. The summed E-state index contributed by atoms with van der Waals surface area (Å²) in [5, 5.41) is 4.72.